The van der Waals surface area contributed by atoms with Crippen LogP contribution in [-0.2, 0) is 4.79 Å². The number of rotatable bonds is 2. The second-order valence-electron chi connectivity index (χ2n) is 5.50. The number of carboxylic acid groups (broad SMARTS) is 1. The number of aryl methyl sites for hydroxylation is 2. The smallest absolute Gasteiger partial charge is 0.251 e. The van der Waals surface area contributed by atoms with Gasteiger partial charge in [-0.1, -0.05) is 12.2 Å². The molecule has 2 aliphatic rings. The van der Waals surface area contributed by atoms with Gasteiger partial charge < -0.3 is 9.90 Å². The Morgan fingerprint density at radius 3 is 2.42 bits per heavy atom. The minimum Gasteiger partial charge on any atom is -0.550 e. The number of carbonyl (C=O) groups excluding carboxylic acids is 2. The molecule has 2 aliphatic carbocycles. The topological polar surface area (TPSA) is 75.0 Å². The van der Waals surface area contributed by atoms with Crippen molar-refractivity contribution in [2.24, 2.45) is 23.7 Å². The standard InChI is InChI=1S/C14H16N2O3/c1-7-5-8(2)16(15-7)13(17)11-9-3-4-10(6-9)12(11)14(18)19/h3-5,9-12H,6H2,1-2H3,(H,18,19)/p-1. The van der Waals surface area contributed by atoms with Crippen LogP contribution in [0.5, 0.6) is 0 Å². The molecule has 0 N–H and O–H groups in total. The largest absolute Gasteiger partial charge is 0.550 e. The van der Waals surface area contributed by atoms with Gasteiger partial charge in [0, 0.05) is 17.6 Å². The van der Waals surface area contributed by atoms with Gasteiger partial charge in [0.05, 0.1) is 11.6 Å². The van der Waals surface area contributed by atoms with Crippen LogP contribution in [0.2, 0.25) is 0 Å². The van der Waals surface area contributed by atoms with Crippen molar-refractivity contribution in [1.29, 1.82) is 0 Å². The molecular formula is C14H15N2O3-. The number of aliphatic carboxylic acids is 1. The molecule has 1 fully saturated rings. The number of hydrogen-bond donors (Lipinski definition) is 0. The SMILES string of the molecule is Cc1cc(C)n(C(=O)C2C3C=CC(C3)C2C(=O)[O-])n1. The van der Waals surface area contributed by atoms with Crippen LogP contribution in [0.1, 0.15) is 22.6 Å². The highest BCUT2D eigenvalue weighted by molar-refractivity contribution is 5.87. The molecular weight excluding hydrogens is 244 g/mol. The van der Waals surface area contributed by atoms with Crippen molar-refractivity contribution in [3.05, 3.63) is 29.6 Å². The van der Waals surface area contributed by atoms with E-state index in [1.54, 1.807) is 6.92 Å². The van der Waals surface area contributed by atoms with Crippen molar-refractivity contribution < 1.29 is 14.7 Å². The molecule has 0 saturated heterocycles. The molecule has 1 aromatic heterocycles. The van der Waals surface area contributed by atoms with Crippen LogP contribution in [-0.4, -0.2) is 21.7 Å². The van der Waals surface area contributed by atoms with Crippen molar-refractivity contribution >= 4 is 11.9 Å². The van der Waals surface area contributed by atoms with E-state index in [9.17, 15) is 14.7 Å². The number of nitrogens with zero attached hydrogens (tertiary/aromatic N) is 2. The lowest BCUT2D eigenvalue weighted by Crippen LogP contribution is -2.42. The molecule has 0 radical (unpaired) electrons. The average molecular weight is 259 g/mol. The molecule has 0 aliphatic heterocycles. The molecule has 1 saturated carbocycles. The van der Waals surface area contributed by atoms with Crippen LogP contribution in [0.25, 0.3) is 0 Å². The average Bonchev–Trinajstić information content (AvgIpc) is 3.01. The van der Waals surface area contributed by atoms with Crippen LogP contribution < -0.4 is 5.11 Å². The fourth-order valence-corrected chi connectivity index (χ4v) is 3.47. The molecule has 0 amide bonds. The summed E-state index contributed by atoms with van der Waals surface area (Å²) < 4.78 is 1.34. The van der Waals surface area contributed by atoms with Gasteiger partial charge in [0.25, 0.3) is 5.91 Å². The lowest BCUT2D eigenvalue weighted by atomic mass is 9.82. The quantitative estimate of drug-likeness (QED) is 0.717. The Hall–Kier alpha value is -1.91. The number of fused-ring (bicyclic) bond motifs is 2. The molecule has 5 heteroatoms. The molecule has 3 rings (SSSR count). The highest BCUT2D eigenvalue weighted by Crippen LogP contribution is 2.48. The minimum atomic E-state index is -1.13. The first kappa shape index (κ1) is 12.1. The Labute approximate surface area is 110 Å². The molecule has 1 heterocycles. The van der Waals surface area contributed by atoms with Crippen molar-refractivity contribution in [3.8, 4) is 0 Å². The van der Waals surface area contributed by atoms with Crippen LogP contribution >= 0.6 is 0 Å². The van der Waals surface area contributed by atoms with Crippen molar-refractivity contribution in [3.63, 3.8) is 0 Å². The molecule has 4 unspecified atom stereocenters. The summed E-state index contributed by atoms with van der Waals surface area (Å²) in [5, 5.41) is 15.5. The third-order valence-corrected chi connectivity index (χ3v) is 4.23. The van der Waals surface area contributed by atoms with Gasteiger partial charge in [0.2, 0.25) is 0 Å². The van der Waals surface area contributed by atoms with E-state index >= 15 is 0 Å². The molecule has 19 heavy (non-hydrogen) atoms. The monoisotopic (exact) mass is 259 g/mol. The van der Waals surface area contributed by atoms with E-state index in [1.165, 1.54) is 4.68 Å². The number of carboxylic acids is 1. The van der Waals surface area contributed by atoms with Crippen molar-refractivity contribution in [2.45, 2.75) is 20.3 Å². The van der Waals surface area contributed by atoms with Crippen LogP contribution in [0, 0.1) is 37.5 Å². The first-order valence-corrected chi connectivity index (χ1v) is 6.45. The fraction of sp³-hybridized carbons (Fsp3) is 0.500. The Kier molecular flexibility index (Phi) is 2.59. The number of allylic oxidation sites excluding steroid dienone is 2. The van der Waals surface area contributed by atoms with Gasteiger partial charge in [-0.05, 0) is 38.2 Å². The maximum Gasteiger partial charge on any atom is 0.251 e. The maximum atomic E-state index is 12.6. The van der Waals surface area contributed by atoms with Gasteiger partial charge >= 0.3 is 0 Å². The van der Waals surface area contributed by atoms with E-state index in [4.69, 9.17) is 0 Å². The van der Waals surface area contributed by atoms with E-state index < -0.39 is 17.8 Å². The lowest BCUT2D eigenvalue weighted by molar-refractivity contribution is -0.313. The maximum absolute atomic E-state index is 12.6. The molecule has 100 valence electrons. The van der Waals surface area contributed by atoms with Gasteiger partial charge in [0.1, 0.15) is 0 Å². The lowest BCUT2D eigenvalue weighted by Gasteiger charge is -2.27. The second-order valence-corrected chi connectivity index (χ2v) is 5.50. The van der Waals surface area contributed by atoms with E-state index in [2.05, 4.69) is 5.10 Å². The van der Waals surface area contributed by atoms with Crippen LogP contribution in [0.3, 0.4) is 0 Å². The Morgan fingerprint density at radius 1 is 1.26 bits per heavy atom. The molecule has 2 bridgehead atoms. The summed E-state index contributed by atoms with van der Waals surface area (Å²) in [5.41, 5.74) is 1.50. The summed E-state index contributed by atoms with van der Waals surface area (Å²) >= 11 is 0. The Bertz CT molecular complexity index is 588. The molecule has 0 aromatic carbocycles. The highest BCUT2D eigenvalue weighted by Gasteiger charge is 2.49. The third-order valence-electron chi connectivity index (χ3n) is 4.23. The summed E-state index contributed by atoms with van der Waals surface area (Å²) in [6, 6.07) is 1.81. The molecule has 0 spiro atoms. The molecule has 1 aromatic rings. The first-order valence-electron chi connectivity index (χ1n) is 6.45. The van der Waals surface area contributed by atoms with Crippen LogP contribution in [0.4, 0.5) is 0 Å². The van der Waals surface area contributed by atoms with Gasteiger partial charge in [-0.25, -0.2) is 4.68 Å². The summed E-state index contributed by atoms with van der Waals surface area (Å²) in [4.78, 5) is 23.9. The van der Waals surface area contributed by atoms with Gasteiger partial charge in [0.15, 0.2) is 0 Å². The predicted molar refractivity (Wildman–Crippen MR) is 65.1 cm³/mol. The fourth-order valence-electron chi connectivity index (χ4n) is 3.47. The van der Waals surface area contributed by atoms with Crippen LogP contribution in [0.15, 0.2) is 18.2 Å². The number of carbonyl (C=O) groups is 2. The second kappa shape index (κ2) is 4.05. The predicted octanol–water partition coefficient (Wildman–Crippen LogP) is 0.328. The number of aromatic nitrogens is 2. The van der Waals surface area contributed by atoms with E-state index in [1.807, 2.05) is 25.1 Å². The van der Waals surface area contributed by atoms with Gasteiger partial charge in [-0.3, -0.25) is 4.79 Å². The Morgan fingerprint density at radius 2 is 1.89 bits per heavy atom. The summed E-state index contributed by atoms with van der Waals surface area (Å²) in [5.74, 6) is -2.68. The van der Waals surface area contributed by atoms with Crippen molar-refractivity contribution in [1.82, 2.24) is 9.78 Å². The third kappa shape index (κ3) is 1.72. The zero-order valence-corrected chi connectivity index (χ0v) is 10.9. The first-order chi connectivity index (χ1) is 8.99. The zero-order chi connectivity index (χ0) is 13.7. The number of hydrogen-bond acceptors (Lipinski definition) is 4. The summed E-state index contributed by atoms with van der Waals surface area (Å²) in [7, 11) is 0. The normalized spacial score (nSPS) is 31.9. The van der Waals surface area contributed by atoms with Gasteiger partial charge in [-0.15, -0.1) is 0 Å². The Balaban J connectivity index is 1.97. The van der Waals surface area contributed by atoms with Crippen molar-refractivity contribution in [2.75, 3.05) is 0 Å². The highest BCUT2D eigenvalue weighted by atomic mass is 16.4. The zero-order valence-electron chi connectivity index (χ0n) is 10.9. The van der Waals surface area contributed by atoms with E-state index in [0.29, 0.717) is 0 Å². The minimum absolute atomic E-state index is 0.00399. The van der Waals surface area contributed by atoms with E-state index in [0.717, 1.165) is 17.8 Å². The van der Waals surface area contributed by atoms with E-state index in [-0.39, 0.29) is 17.7 Å². The molecule has 5 nitrogen and oxygen atoms in total. The summed E-state index contributed by atoms with van der Waals surface area (Å²) in [6.45, 7) is 3.61. The summed E-state index contributed by atoms with van der Waals surface area (Å²) in [6.07, 6.45) is 4.59. The molecule has 4 atom stereocenters. The van der Waals surface area contributed by atoms with Gasteiger partial charge in [-0.2, -0.15) is 5.10 Å².